The zero-order valence-electron chi connectivity index (χ0n) is 20.5. The van der Waals surface area contributed by atoms with Crippen LogP contribution in [0.4, 0.5) is 11.4 Å². The zero-order chi connectivity index (χ0) is 27.3. The lowest BCUT2D eigenvalue weighted by molar-refractivity contribution is -0.385. The molecule has 0 radical (unpaired) electrons. The van der Waals surface area contributed by atoms with Gasteiger partial charge < -0.3 is 9.72 Å². The number of rotatable bonds is 6. The van der Waals surface area contributed by atoms with E-state index >= 15 is 0 Å². The molecule has 1 N–H and O–H groups in total. The molecule has 3 aromatic carbocycles. The molecule has 2 unspecified atom stereocenters. The highest BCUT2D eigenvalue weighted by atomic mass is 32.2. The first-order valence-corrected chi connectivity index (χ1v) is 13.8. The first-order valence-electron chi connectivity index (χ1n) is 12.1. The van der Waals surface area contributed by atoms with Crippen molar-refractivity contribution in [2.45, 2.75) is 29.7 Å². The Hall–Kier alpha value is -4.22. The lowest BCUT2D eigenvalue weighted by Crippen LogP contribution is -2.32. The van der Waals surface area contributed by atoms with Crippen LogP contribution >= 0.6 is 23.1 Å². The number of ether oxygens (including phenoxy) is 1. The third kappa shape index (κ3) is 4.43. The molecule has 6 rings (SSSR count). The number of imide groups is 1. The highest BCUT2D eigenvalue weighted by Crippen LogP contribution is 2.55. The number of aromatic amines is 1. The molecule has 11 heteroatoms. The SMILES string of the molecule is Cc1cccc(COc2ccc([N+](=O)[O-])cc2[C@H]2c3sc(=O)[nH]c3SC3C(=O)N(c4ccccc4)C(=O)C32)c1. The van der Waals surface area contributed by atoms with Crippen LogP contribution < -0.4 is 14.5 Å². The van der Waals surface area contributed by atoms with Gasteiger partial charge >= 0.3 is 4.87 Å². The molecule has 0 spiro atoms. The van der Waals surface area contributed by atoms with Gasteiger partial charge in [0.25, 0.3) is 5.69 Å². The van der Waals surface area contributed by atoms with E-state index in [0.717, 1.165) is 34.2 Å². The van der Waals surface area contributed by atoms with Crippen LogP contribution in [0.3, 0.4) is 0 Å². The summed E-state index contributed by atoms with van der Waals surface area (Å²) in [5, 5.41) is 11.4. The second kappa shape index (κ2) is 9.83. The first-order chi connectivity index (χ1) is 18.8. The topological polar surface area (TPSA) is 123 Å². The van der Waals surface area contributed by atoms with Crippen molar-refractivity contribution in [3.63, 3.8) is 0 Å². The molecule has 3 heterocycles. The summed E-state index contributed by atoms with van der Waals surface area (Å²) in [6.07, 6.45) is 0. The van der Waals surface area contributed by atoms with Crippen molar-refractivity contribution in [1.82, 2.24) is 4.98 Å². The number of thioether (sulfide) groups is 1. The van der Waals surface area contributed by atoms with Gasteiger partial charge in [-0.05, 0) is 30.7 Å². The number of non-ortho nitro benzene ring substituents is 1. The molecule has 1 aromatic heterocycles. The van der Waals surface area contributed by atoms with E-state index in [1.54, 1.807) is 30.3 Å². The van der Waals surface area contributed by atoms with E-state index in [0.29, 0.717) is 26.9 Å². The molecule has 39 heavy (non-hydrogen) atoms. The van der Waals surface area contributed by atoms with E-state index in [-0.39, 0.29) is 17.2 Å². The summed E-state index contributed by atoms with van der Waals surface area (Å²) in [4.78, 5) is 55.4. The minimum Gasteiger partial charge on any atom is -0.489 e. The van der Waals surface area contributed by atoms with E-state index in [1.807, 2.05) is 31.2 Å². The fourth-order valence-electron chi connectivity index (χ4n) is 5.17. The van der Waals surface area contributed by atoms with Gasteiger partial charge in [-0.3, -0.25) is 24.5 Å². The van der Waals surface area contributed by atoms with E-state index in [1.165, 1.54) is 23.1 Å². The van der Waals surface area contributed by atoms with Crippen LogP contribution in [-0.2, 0) is 16.2 Å². The van der Waals surface area contributed by atoms with Crippen LogP contribution in [0, 0.1) is 23.0 Å². The summed E-state index contributed by atoms with van der Waals surface area (Å²) < 4.78 is 6.19. The van der Waals surface area contributed by atoms with Crippen molar-refractivity contribution in [3.05, 3.63) is 114 Å². The monoisotopic (exact) mass is 559 g/mol. The van der Waals surface area contributed by atoms with Crippen molar-refractivity contribution in [1.29, 1.82) is 0 Å². The molecule has 196 valence electrons. The third-order valence-electron chi connectivity index (χ3n) is 6.85. The quantitative estimate of drug-likeness (QED) is 0.200. The Kier molecular flexibility index (Phi) is 6.32. The third-order valence-corrected chi connectivity index (χ3v) is 9.26. The second-order valence-corrected chi connectivity index (χ2v) is 11.5. The number of hydrogen-bond acceptors (Lipinski definition) is 8. The Morgan fingerprint density at radius 2 is 1.79 bits per heavy atom. The number of benzene rings is 3. The second-order valence-electron chi connectivity index (χ2n) is 9.35. The number of nitrogens with one attached hydrogen (secondary N) is 1. The van der Waals surface area contributed by atoms with Crippen LogP contribution in [0.15, 0.2) is 82.6 Å². The standard InChI is InChI=1S/C28H21N3O6S2/c1-15-6-5-7-16(12-15)14-37-20-11-10-18(31(35)36)13-19(20)21-22-24(38-25-23(21)39-28(34)29-25)27(33)30(26(22)32)17-8-3-2-4-9-17/h2-13,21-22,24H,14H2,1H3,(H,29,34)/t21-,22?,24?/m1/s1. The maximum absolute atomic E-state index is 13.9. The Morgan fingerprint density at radius 1 is 1.00 bits per heavy atom. The number of nitro groups is 1. The van der Waals surface area contributed by atoms with Crippen LogP contribution in [-0.4, -0.2) is 27.0 Å². The number of nitro benzene ring substituents is 1. The van der Waals surface area contributed by atoms with Crippen molar-refractivity contribution in [2.75, 3.05) is 4.90 Å². The molecular formula is C28H21N3O6S2. The molecule has 2 aliphatic heterocycles. The normalized spacial score (nSPS) is 20.0. The summed E-state index contributed by atoms with van der Waals surface area (Å²) in [6, 6.07) is 20.7. The number of carbonyl (C=O) groups is 2. The fraction of sp³-hybridized carbons (Fsp3) is 0.179. The number of carbonyl (C=O) groups excluding carboxylic acids is 2. The van der Waals surface area contributed by atoms with Gasteiger partial charge in [-0.1, -0.05) is 71.1 Å². The molecule has 0 saturated carbocycles. The smallest absolute Gasteiger partial charge is 0.305 e. The summed E-state index contributed by atoms with van der Waals surface area (Å²) in [7, 11) is 0. The van der Waals surface area contributed by atoms with Gasteiger partial charge in [0, 0.05) is 28.5 Å². The first kappa shape index (κ1) is 25.1. The number of thiazole rings is 1. The molecule has 9 nitrogen and oxygen atoms in total. The van der Waals surface area contributed by atoms with E-state index < -0.39 is 33.8 Å². The predicted molar refractivity (Wildman–Crippen MR) is 147 cm³/mol. The zero-order valence-corrected chi connectivity index (χ0v) is 22.2. The average Bonchev–Trinajstić information content (AvgIpc) is 3.42. The van der Waals surface area contributed by atoms with Gasteiger partial charge in [0.2, 0.25) is 11.8 Å². The predicted octanol–water partition coefficient (Wildman–Crippen LogP) is 5.03. The van der Waals surface area contributed by atoms with Gasteiger partial charge in [0.05, 0.1) is 21.6 Å². The number of aryl methyl sites for hydroxylation is 1. The maximum Gasteiger partial charge on any atom is 0.305 e. The number of fused-ring (bicyclic) bond motifs is 2. The lowest BCUT2D eigenvalue weighted by Gasteiger charge is -2.30. The van der Waals surface area contributed by atoms with Crippen LogP contribution in [0.25, 0.3) is 0 Å². The average molecular weight is 560 g/mol. The molecule has 3 atom stereocenters. The lowest BCUT2D eigenvalue weighted by atomic mass is 9.82. The number of nitrogens with zero attached hydrogens (tertiary/aromatic N) is 2. The van der Waals surface area contributed by atoms with E-state index in [9.17, 15) is 24.5 Å². The van der Waals surface area contributed by atoms with Crippen molar-refractivity contribution in [2.24, 2.45) is 5.92 Å². The number of hydrogen-bond donors (Lipinski definition) is 1. The molecule has 1 saturated heterocycles. The molecule has 0 bridgehead atoms. The van der Waals surface area contributed by atoms with Crippen LogP contribution in [0.5, 0.6) is 5.75 Å². The molecule has 2 amide bonds. The van der Waals surface area contributed by atoms with E-state index in [4.69, 9.17) is 4.74 Å². The summed E-state index contributed by atoms with van der Waals surface area (Å²) in [6.45, 7) is 2.17. The summed E-state index contributed by atoms with van der Waals surface area (Å²) >= 11 is 2.10. The Balaban J connectivity index is 1.48. The van der Waals surface area contributed by atoms with Gasteiger partial charge in [-0.15, -0.1) is 0 Å². The summed E-state index contributed by atoms with van der Waals surface area (Å²) in [5.41, 5.74) is 2.63. The van der Waals surface area contributed by atoms with Gasteiger partial charge in [-0.2, -0.15) is 0 Å². The molecule has 0 aliphatic carbocycles. The van der Waals surface area contributed by atoms with Crippen molar-refractivity contribution in [3.8, 4) is 5.75 Å². The van der Waals surface area contributed by atoms with Crippen LogP contribution in [0.1, 0.15) is 27.5 Å². The number of H-pyrrole nitrogens is 1. The maximum atomic E-state index is 13.9. The Labute approximate surface area is 230 Å². The van der Waals surface area contributed by atoms with Crippen LogP contribution in [0.2, 0.25) is 0 Å². The van der Waals surface area contributed by atoms with Gasteiger partial charge in [0.1, 0.15) is 17.6 Å². The summed E-state index contributed by atoms with van der Waals surface area (Å²) in [5.74, 6) is -2.14. The highest BCUT2D eigenvalue weighted by molar-refractivity contribution is 8.00. The van der Waals surface area contributed by atoms with Gasteiger partial charge in [0.15, 0.2) is 0 Å². The minimum atomic E-state index is -0.884. The van der Waals surface area contributed by atoms with Crippen molar-refractivity contribution < 1.29 is 19.2 Å². The molecule has 4 aromatic rings. The minimum absolute atomic E-state index is 0.177. The van der Waals surface area contributed by atoms with E-state index in [2.05, 4.69) is 4.98 Å². The number of aromatic nitrogens is 1. The molecule has 1 fully saturated rings. The Bertz CT molecular complexity index is 1680. The Morgan fingerprint density at radius 3 is 2.54 bits per heavy atom. The molecule has 2 aliphatic rings. The number of para-hydroxylation sites is 1. The fourth-order valence-corrected chi connectivity index (χ4v) is 7.68. The van der Waals surface area contributed by atoms with Crippen molar-refractivity contribution >= 4 is 46.3 Å². The largest absolute Gasteiger partial charge is 0.489 e. The number of anilines is 1. The number of amides is 2. The highest BCUT2D eigenvalue weighted by Gasteiger charge is 2.57. The molecular weight excluding hydrogens is 538 g/mol. The van der Waals surface area contributed by atoms with Gasteiger partial charge in [-0.25, -0.2) is 4.90 Å².